The van der Waals surface area contributed by atoms with Crippen LogP contribution in [0.25, 0.3) is 0 Å². The summed E-state index contributed by atoms with van der Waals surface area (Å²) < 4.78 is 12.5. The molecule has 1 aliphatic rings. The lowest BCUT2D eigenvalue weighted by molar-refractivity contribution is 0.173. The van der Waals surface area contributed by atoms with Gasteiger partial charge >= 0.3 is 0 Å². The van der Waals surface area contributed by atoms with Crippen LogP contribution in [0.2, 0.25) is 0 Å². The van der Waals surface area contributed by atoms with Crippen LogP contribution in [-0.2, 0) is 6.54 Å². The zero-order valence-electron chi connectivity index (χ0n) is 9.82. The lowest BCUT2D eigenvalue weighted by Crippen LogP contribution is -2.00. The Balaban J connectivity index is 1.78. The topological polar surface area (TPSA) is 43.4 Å². The van der Waals surface area contributed by atoms with Gasteiger partial charge < -0.3 is 14.8 Å². The quantitative estimate of drug-likeness (QED) is 0.812. The first kappa shape index (κ1) is 12.7. The highest BCUT2D eigenvalue weighted by atomic mass is 79.9. The summed E-state index contributed by atoms with van der Waals surface area (Å²) in [5.74, 6) is 1.54. The molecule has 0 amide bonds. The Labute approximate surface area is 127 Å². The van der Waals surface area contributed by atoms with Crippen LogP contribution in [0, 0.1) is 0 Å². The van der Waals surface area contributed by atoms with E-state index in [9.17, 15) is 0 Å². The fraction of sp³-hybridized carbons (Fsp3) is 0.154. The van der Waals surface area contributed by atoms with E-state index in [1.54, 1.807) is 6.20 Å². The van der Waals surface area contributed by atoms with Crippen LogP contribution in [0.1, 0.15) is 5.56 Å². The summed E-state index contributed by atoms with van der Waals surface area (Å²) in [5.41, 5.74) is 2.06. The van der Waals surface area contributed by atoms with Crippen molar-refractivity contribution in [1.29, 1.82) is 0 Å². The zero-order valence-corrected chi connectivity index (χ0v) is 13.0. The van der Waals surface area contributed by atoms with Crippen molar-refractivity contribution in [2.24, 2.45) is 0 Å². The van der Waals surface area contributed by atoms with E-state index in [1.165, 1.54) is 0 Å². The van der Waals surface area contributed by atoms with Crippen LogP contribution >= 0.6 is 31.9 Å². The number of rotatable bonds is 3. The van der Waals surface area contributed by atoms with Crippen molar-refractivity contribution in [2.45, 2.75) is 6.54 Å². The van der Waals surface area contributed by atoms with Crippen molar-refractivity contribution >= 4 is 37.5 Å². The van der Waals surface area contributed by atoms with Crippen molar-refractivity contribution in [3.8, 4) is 11.5 Å². The second-order valence-electron chi connectivity index (χ2n) is 4.01. The highest BCUT2D eigenvalue weighted by molar-refractivity contribution is 9.10. The number of anilines is 1. The molecule has 1 aliphatic heterocycles. The maximum atomic E-state index is 5.39. The average Bonchev–Trinajstić information content (AvgIpc) is 2.87. The Bertz CT molecular complexity index is 620. The van der Waals surface area contributed by atoms with Crippen LogP contribution in [-0.4, -0.2) is 11.8 Å². The largest absolute Gasteiger partial charge is 0.454 e. The van der Waals surface area contributed by atoms with Crippen LogP contribution < -0.4 is 14.8 Å². The second-order valence-corrected chi connectivity index (χ2v) is 5.61. The summed E-state index contributed by atoms with van der Waals surface area (Å²) in [5, 5.41) is 3.32. The van der Waals surface area contributed by atoms with E-state index in [0.717, 1.165) is 31.8 Å². The fourth-order valence-electron chi connectivity index (χ4n) is 1.84. The number of benzene rings is 1. The van der Waals surface area contributed by atoms with Crippen molar-refractivity contribution in [2.75, 3.05) is 12.1 Å². The van der Waals surface area contributed by atoms with Gasteiger partial charge in [0.05, 0.1) is 10.2 Å². The molecule has 1 aromatic carbocycles. The lowest BCUT2D eigenvalue weighted by Gasteiger charge is -2.09. The number of fused-ring (bicyclic) bond motifs is 1. The second kappa shape index (κ2) is 5.38. The Morgan fingerprint density at radius 1 is 1.26 bits per heavy atom. The van der Waals surface area contributed by atoms with E-state index in [-0.39, 0.29) is 6.79 Å². The van der Waals surface area contributed by atoms with Gasteiger partial charge in [0.25, 0.3) is 0 Å². The fourth-order valence-corrected chi connectivity index (χ4v) is 2.83. The van der Waals surface area contributed by atoms with E-state index >= 15 is 0 Å². The normalized spacial score (nSPS) is 12.5. The number of hydrogen-bond acceptors (Lipinski definition) is 4. The number of nitrogens with zero attached hydrogens (tertiary/aromatic N) is 1. The molecule has 4 nitrogen and oxygen atoms in total. The van der Waals surface area contributed by atoms with Crippen LogP contribution in [0.4, 0.5) is 5.69 Å². The number of pyridine rings is 1. The van der Waals surface area contributed by atoms with Gasteiger partial charge in [0, 0.05) is 12.7 Å². The first-order valence-corrected chi connectivity index (χ1v) is 7.25. The van der Waals surface area contributed by atoms with Crippen molar-refractivity contribution < 1.29 is 9.47 Å². The van der Waals surface area contributed by atoms with Gasteiger partial charge in [-0.1, -0.05) is 0 Å². The summed E-state index contributed by atoms with van der Waals surface area (Å²) in [4.78, 5) is 4.17. The maximum Gasteiger partial charge on any atom is 0.231 e. The smallest absolute Gasteiger partial charge is 0.231 e. The highest BCUT2D eigenvalue weighted by Gasteiger charge is 2.17. The monoisotopic (exact) mass is 384 g/mol. The first-order valence-electron chi connectivity index (χ1n) is 5.66. The van der Waals surface area contributed by atoms with Crippen LogP contribution in [0.3, 0.4) is 0 Å². The molecule has 1 aromatic heterocycles. The van der Waals surface area contributed by atoms with Gasteiger partial charge in [-0.2, -0.15) is 0 Å². The molecule has 6 heteroatoms. The Hall–Kier alpha value is -1.27. The molecule has 0 radical (unpaired) electrons. The molecule has 0 bridgehead atoms. The van der Waals surface area contributed by atoms with E-state index in [2.05, 4.69) is 42.2 Å². The number of nitrogens with one attached hydrogen (secondary N) is 1. The molecule has 0 saturated carbocycles. The molecule has 2 aromatic rings. The average molecular weight is 386 g/mol. The zero-order chi connectivity index (χ0) is 13.2. The summed E-state index contributed by atoms with van der Waals surface area (Å²) in [6.45, 7) is 0.957. The van der Waals surface area contributed by atoms with Crippen molar-refractivity contribution in [3.63, 3.8) is 0 Å². The summed E-state index contributed by atoms with van der Waals surface area (Å²) in [6, 6.07) is 7.86. The van der Waals surface area contributed by atoms with Gasteiger partial charge in [0.2, 0.25) is 6.79 Å². The van der Waals surface area contributed by atoms with Crippen LogP contribution in [0.15, 0.2) is 39.5 Å². The maximum absolute atomic E-state index is 5.39. The molecular formula is C13H10Br2N2O2. The minimum atomic E-state index is 0.277. The summed E-state index contributed by atoms with van der Waals surface area (Å²) in [7, 11) is 0. The number of aromatic nitrogens is 1. The lowest BCUT2D eigenvalue weighted by atomic mass is 10.2. The molecular weight excluding hydrogens is 376 g/mol. The molecule has 0 atom stereocenters. The Kier molecular flexibility index (Phi) is 3.61. The van der Waals surface area contributed by atoms with E-state index in [0.29, 0.717) is 6.54 Å². The van der Waals surface area contributed by atoms with Crippen molar-refractivity contribution in [3.05, 3.63) is 45.1 Å². The molecule has 19 heavy (non-hydrogen) atoms. The van der Waals surface area contributed by atoms with Gasteiger partial charge in [0.15, 0.2) is 11.5 Å². The third-order valence-electron chi connectivity index (χ3n) is 2.73. The molecule has 0 aliphatic carbocycles. The predicted molar refractivity (Wildman–Crippen MR) is 79.5 cm³/mol. The number of ether oxygens (including phenoxy) is 2. The van der Waals surface area contributed by atoms with Crippen molar-refractivity contribution in [1.82, 2.24) is 4.98 Å². The molecule has 98 valence electrons. The molecule has 3 rings (SSSR count). The SMILES string of the molecule is Brc1cc(CNc2cccnc2Br)cc2c1OCO2. The minimum Gasteiger partial charge on any atom is -0.454 e. The van der Waals surface area contributed by atoms with Gasteiger partial charge in [-0.25, -0.2) is 4.98 Å². The number of hydrogen-bond donors (Lipinski definition) is 1. The van der Waals surface area contributed by atoms with E-state index < -0.39 is 0 Å². The summed E-state index contributed by atoms with van der Waals surface area (Å²) >= 11 is 6.89. The number of halogens is 2. The van der Waals surface area contributed by atoms with Crippen LogP contribution in [0.5, 0.6) is 11.5 Å². The van der Waals surface area contributed by atoms with E-state index in [1.807, 2.05) is 24.3 Å². The van der Waals surface area contributed by atoms with Gasteiger partial charge in [-0.15, -0.1) is 0 Å². The third kappa shape index (κ3) is 2.69. The molecule has 0 spiro atoms. The molecule has 2 heterocycles. The predicted octanol–water partition coefficient (Wildman–Crippen LogP) is 3.95. The molecule has 1 N–H and O–H groups in total. The highest BCUT2D eigenvalue weighted by Crippen LogP contribution is 2.40. The molecule has 0 fully saturated rings. The first-order chi connectivity index (χ1) is 9.24. The van der Waals surface area contributed by atoms with Gasteiger partial charge in [-0.05, 0) is 61.7 Å². The van der Waals surface area contributed by atoms with Gasteiger partial charge in [0.1, 0.15) is 4.60 Å². The molecule has 0 saturated heterocycles. The summed E-state index contributed by atoms with van der Waals surface area (Å²) in [6.07, 6.45) is 1.74. The standard InChI is InChI=1S/C13H10Br2N2O2/c14-9-4-8(5-11-12(9)19-7-18-11)6-17-10-2-1-3-16-13(10)15/h1-5,17H,6-7H2. The molecule has 0 unspecified atom stereocenters. The minimum absolute atomic E-state index is 0.277. The third-order valence-corrected chi connectivity index (χ3v) is 3.95. The Morgan fingerprint density at radius 3 is 3.00 bits per heavy atom. The van der Waals surface area contributed by atoms with Gasteiger partial charge in [-0.3, -0.25) is 0 Å². The van der Waals surface area contributed by atoms with E-state index in [4.69, 9.17) is 9.47 Å². The Morgan fingerprint density at radius 2 is 2.16 bits per heavy atom.